The van der Waals surface area contributed by atoms with Crippen molar-refractivity contribution in [1.82, 2.24) is 15.0 Å². The zero-order valence-corrected chi connectivity index (χ0v) is 11.9. The summed E-state index contributed by atoms with van der Waals surface area (Å²) in [6, 6.07) is 1.75. The Morgan fingerprint density at radius 2 is 2.18 bits per heavy atom. The van der Waals surface area contributed by atoms with Crippen LogP contribution in [-0.2, 0) is 0 Å². The molecule has 0 aliphatic rings. The summed E-state index contributed by atoms with van der Waals surface area (Å²) in [5.74, 6) is 5.96. The van der Waals surface area contributed by atoms with Crippen molar-refractivity contribution < 1.29 is 0 Å². The fraction of sp³-hybridized carbons (Fsp3) is 0.400. The topological polar surface area (TPSA) is 63.8 Å². The zero-order valence-electron chi connectivity index (χ0n) is 9.48. The zero-order chi connectivity index (χ0) is 12.4. The first kappa shape index (κ1) is 12.9. The molecule has 0 spiro atoms. The number of nitrogens with one attached hydrogen (secondary N) is 1. The first-order valence-corrected chi connectivity index (χ1v) is 7.19. The minimum Gasteiger partial charge on any atom is -0.271 e. The van der Waals surface area contributed by atoms with Gasteiger partial charge in [0, 0.05) is 4.88 Å². The van der Waals surface area contributed by atoms with Crippen LogP contribution in [0.1, 0.15) is 41.3 Å². The van der Waals surface area contributed by atoms with Gasteiger partial charge in [-0.05, 0) is 28.9 Å². The molecule has 2 aromatic rings. The molecule has 0 radical (unpaired) electrons. The lowest BCUT2D eigenvalue weighted by Gasteiger charge is -2.15. The first-order valence-electron chi connectivity index (χ1n) is 5.16. The Kier molecular flexibility index (Phi) is 4.11. The molecule has 3 N–H and O–H groups in total. The molecule has 1 atom stereocenters. The van der Waals surface area contributed by atoms with Gasteiger partial charge in [-0.3, -0.25) is 5.84 Å². The van der Waals surface area contributed by atoms with E-state index < -0.39 is 0 Å². The maximum Gasteiger partial charge on any atom is 0.0944 e. The number of aromatic nitrogens is 2. The maximum atomic E-state index is 6.14. The summed E-state index contributed by atoms with van der Waals surface area (Å²) < 4.78 is 4.01. The van der Waals surface area contributed by atoms with E-state index >= 15 is 0 Å². The van der Waals surface area contributed by atoms with Gasteiger partial charge in [-0.25, -0.2) is 5.43 Å². The number of nitrogens with two attached hydrogens (primary N) is 1. The second kappa shape index (κ2) is 5.41. The molecular formula is C10H13ClN4S2. The van der Waals surface area contributed by atoms with Gasteiger partial charge in [-0.1, -0.05) is 29.9 Å². The lowest BCUT2D eigenvalue weighted by Crippen LogP contribution is -2.28. The van der Waals surface area contributed by atoms with Crippen molar-refractivity contribution >= 4 is 34.5 Å². The summed E-state index contributed by atoms with van der Waals surface area (Å²) in [6.07, 6.45) is 0. The Hall–Kier alpha value is -0.530. The number of hydrazine groups is 1. The third-order valence-electron chi connectivity index (χ3n) is 2.42. The molecule has 0 aliphatic heterocycles. The molecule has 92 valence electrons. The Labute approximate surface area is 113 Å². The fourth-order valence-corrected chi connectivity index (χ4v) is 3.77. The molecule has 7 heteroatoms. The summed E-state index contributed by atoms with van der Waals surface area (Å²) in [4.78, 5) is 2.04. The molecule has 0 aliphatic carbocycles. The van der Waals surface area contributed by atoms with Gasteiger partial charge in [0.05, 0.1) is 21.6 Å². The second-order valence-electron chi connectivity index (χ2n) is 3.91. The van der Waals surface area contributed by atoms with E-state index in [2.05, 4.69) is 28.9 Å². The normalized spacial score (nSPS) is 13.2. The van der Waals surface area contributed by atoms with Crippen LogP contribution in [0.5, 0.6) is 0 Å². The number of thiophene rings is 1. The Morgan fingerprint density at radius 1 is 1.41 bits per heavy atom. The number of hydrogen-bond donors (Lipinski definition) is 2. The molecule has 2 rings (SSSR count). The Morgan fingerprint density at radius 3 is 2.71 bits per heavy atom. The largest absolute Gasteiger partial charge is 0.271 e. The molecule has 2 aromatic heterocycles. The van der Waals surface area contributed by atoms with Crippen molar-refractivity contribution in [2.45, 2.75) is 25.8 Å². The van der Waals surface area contributed by atoms with Crippen LogP contribution in [0, 0.1) is 0 Å². The number of rotatable bonds is 4. The van der Waals surface area contributed by atoms with Gasteiger partial charge >= 0.3 is 0 Å². The summed E-state index contributed by atoms with van der Waals surface area (Å²) >= 11 is 9.08. The lowest BCUT2D eigenvalue weighted by molar-refractivity contribution is 0.640. The molecule has 0 bridgehead atoms. The van der Waals surface area contributed by atoms with Crippen LogP contribution in [0.3, 0.4) is 0 Å². The van der Waals surface area contributed by atoms with Crippen molar-refractivity contribution in [1.29, 1.82) is 0 Å². The Bertz CT molecular complexity index is 494. The smallest absolute Gasteiger partial charge is 0.0944 e. The Balaban J connectivity index is 2.43. The molecule has 17 heavy (non-hydrogen) atoms. The number of hydrogen-bond acceptors (Lipinski definition) is 6. The van der Waals surface area contributed by atoms with Crippen LogP contribution in [0.25, 0.3) is 0 Å². The van der Waals surface area contributed by atoms with E-state index in [4.69, 9.17) is 17.4 Å². The van der Waals surface area contributed by atoms with Crippen molar-refractivity contribution in [3.8, 4) is 0 Å². The van der Waals surface area contributed by atoms with Crippen LogP contribution in [0.15, 0.2) is 11.4 Å². The molecule has 1 unspecified atom stereocenters. The van der Waals surface area contributed by atoms with Gasteiger partial charge in [-0.15, -0.1) is 16.4 Å². The second-order valence-corrected chi connectivity index (χ2v) is 6.05. The van der Waals surface area contributed by atoms with Crippen LogP contribution in [0.2, 0.25) is 5.02 Å². The van der Waals surface area contributed by atoms with Crippen molar-refractivity contribution in [3.63, 3.8) is 0 Å². The van der Waals surface area contributed by atoms with Gasteiger partial charge in [0.25, 0.3) is 0 Å². The number of halogens is 1. The van der Waals surface area contributed by atoms with Gasteiger partial charge in [0.15, 0.2) is 0 Å². The average Bonchev–Trinajstić information content (AvgIpc) is 2.90. The van der Waals surface area contributed by atoms with Gasteiger partial charge in [0.2, 0.25) is 0 Å². The summed E-state index contributed by atoms with van der Waals surface area (Å²) in [5, 5.41) is 6.83. The number of nitrogens with zero attached hydrogens (tertiary/aromatic N) is 2. The highest BCUT2D eigenvalue weighted by molar-refractivity contribution is 7.11. The van der Waals surface area contributed by atoms with E-state index in [-0.39, 0.29) is 6.04 Å². The quantitative estimate of drug-likeness (QED) is 0.671. The molecule has 2 heterocycles. The van der Waals surface area contributed by atoms with E-state index in [0.29, 0.717) is 5.92 Å². The van der Waals surface area contributed by atoms with E-state index in [1.54, 1.807) is 11.3 Å². The molecule has 0 saturated carbocycles. The maximum absolute atomic E-state index is 6.14. The lowest BCUT2D eigenvalue weighted by atomic mass is 10.1. The third-order valence-corrected chi connectivity index (χ3v) is 4.65. The van der Waals surface area contributed by atoms with E-state index in [0.717, 1.165) is 20.5 Å². The van der Waals surface area contributed by atoms with E-state index in [1.807, 2.05) is 11.4 Å². The van der Waals surface area contributed by atoms with E-state index in [9.17, 15) is 0 Å². The van der Waals surface area contributed by atoms with Gasteiger partial charge in [-0.2, -0.15) is 0 Å². The molecule has 0 saturated heterocycles. The molecular weight excluding hydrogens is 276 g/mol. The average molecular weight is 289 g/mol. The third kappa shape index (κ3) is 2.51. The summed E-state index contributed by atoms with van der Waals surface area (Å²) in [6.45, 7) is 4.17. The standard InChI is InChI=1S/C10H13ClN4S2/c1-5(2)7-10(17-15-14-7)8(13-12)9-6(11)3-4-16-9/h3-5,8,13H,12H2,1-2H3. The summed E-state index contributed by atoms with van der Waals surface area (Å²) in [7, 11) is 0. The van der Waals surface area contributed by atoms with Crippen LogP contribution in [-0.4, -0.2) is 9.59 Å². The highest BCUT2D eigenvalue weighted by Gasteiger charge is 2.24. The van der Waals surface area contributed by atoms with Crippen LogP contribution >= 0.6 is 34.5 Å². The van der Waals surface area contributed by atoms with Crippen molar-refractivity contribution in [2.75, 3.05) is 0 Å². The van der Waals surface area contributed by atoms with Crippen molar-refractivity contribution in [3.05, 3.63) is 31.9 Å². The highest BCUT2D eigenvalue weighted by Crippen LogP contribution is 2.36. The predicted molar refractivity (Wildman–Crippen MR) is 72.5 cm³/mol. The molecule has 0 amide bonds. The molecule has 4 nitrogen and oxygen atoms in total. The first-order chi connectivity index (χ1) is 8.15. The highest BCUT2D eigenvalue weighted by atomic mass is 35.5. The monoisotopic (exact) mass is 288 g/mol. The SMILES string of the molecule is CC(C)c1nnsc1C(NN)c1sccc1Cl. The summed E-state index contributed by atoms with van der Waals surface area (Å²) in [5.41, 5.74) is 3.77. The van der Waals surface area contributed by atoms with Crippen molar-refractivity contribution in [2.24, 2.45) is 5.84 Å². The minimum atomic E-state index is -0.125. The predicted octanol–water partition coefficient (Wildman–Crippen LogP) is 2.93. The van der Waals surface area contributed by atoms with Gasteiger partial charge in [0.1, 0.15) is 0 Å². The van der Waals surface area contributed by atoms with Crippen LogP contribution < -0.4 is 11.3 Å². The minimum absolute atomic E-state index is 0.125. The molecule has 0 fully saturated rings. The van der Waals surface area contributed by atoms with E-state index in [1.165, 1.54) is 11.5 Å². The van der Waals surface area contributed by atoms with Gasteiger partial charge < -0.3 is 0 Å². The fourth-order valence-electron chi connectivity index (χ4n) is 1.59. The van der Waals surface area contributed by atoms with Crippen LogP contribution in [0.4, 0.5) is 0 Å². The molecule has 0 aromatic carbocycles.